The van der Waals surface area contributed by atoms with Crippen LogP contribution < -0.4 is 14.4 Å². The van der Waals surface area contributed by atoms with Crippen molar-refractivity contribution in [3.63, 3.8) is 0 Å². The van der Waals surface area contributed by atoms with Crippen LogP contribution in [0.3, 0.4) is 0 Å². The summed E-state index contributed by atoms with van der Waals surface area (Å²) in [6, 6.07) is 5.22. The van der Waals surface area contributed by atoms with Crippen LogP contribution in [0.25, 0.3) is 0 Å². The smallest absolute Gasteiger partial charge is 0.254 e. The fourth-order valence-corrected chi connectivity index (χ4v) is 3.17. The molecule has 1 aliphatic rings. The summed E-state index contributed by atoms with van der Waals surface area (Å²) in [6.07, 6.45) is 0.715. The first-order valence-corrected chi connectivity index (χ1v) is 8.49. The van der Waals surface area contributed by atoms with Gasteiger partial charge in [-0.1, -0.05) is 0 Å². The van der Waals surface area contributed by atoms with Crippen LogP contribution in [0, 0.1) is 6.92 Å². The van der Waals surface area contributed by atoms with Gasteiger partial charge in [-0.15, -0.1) is 0 Å². The molecular formula is C19H24N4O3. The standard InChI is InChI=1S/C19H24N4O3/c1-12-20-17-6-7-23(11-16(17)18(21-12)22(2)3)19(24)13-8-14(25-4)10-15(9-13)26-5/h8-10H,6-7,11H2,1-5H3. The Balaban J connectivity index is 1.92. The fraction of sp³-hybridized carbons (Fsp3) is 0.421. The lowest BCUT2D eigenvalue weighted by Crippen LogP contribution is -2.37. The molecule has 0 bridgehead atoms. The molecule has 1 aromatic heterocycles. The Morgan fingerprint density at radius 2 is 1.77 bits per heavy atom. The van der Waals surface area contributed by atoms with Gasteiger partial charge in [0.1, 0.15) is 23.1 Å². The van der Waals surface area contributed by atoms with Crippen LogP contribution >= 0.6 is 0 Å². The van der Waals surface area contributed by atoms with Gasteiger partial charge in [0, 0.05) is 44.3 Å². The molecule has 1 amide bonds. The molecule has 0 saturated heterocycles. The summed E-state index contributed by atoms with van der Waals surface area (Å²) < 4.78 is 10.6. The summed E-state index contributed by atoms with van der Waals surface area (Å²) >= 11 is 0. The average molecular weight is 356 g/mol. The Kier molecular flexibility index (Phi) is 4.97. The van der Waals surface area contributed by atoms with Gasteiger partial charge in [-0.05, 0) is 19.1 Å². The molecule has 0 fully saturated rings. The Morgan fingerprint density at radius 1 is 1.12 bits per heavy atom. The highest BCUT2D eigenvalue weighted by atomic mass is 16.5. The monoisotopic (exact) mass is 356 g/mol. The largest absolute Gasteiger partial charge is 0.497 e. The lowest BCUT2D eigenvalue weighted by molar-refractivity contribution is 0.0733. The molecule has 1 aromatic carbocycles. The molecular weight excluding hydrogens is 332 g/mol. The van der Waals surface area contributed by atoms with E-state index in [1.54, 1.807) is 32.4 Å². The van der Waals surface area contributed by atoms with E-state index in [4.69, 9.17) is 9.47 Å². The summed E-state index contributed by atoms with van der Waals surface area (Å²) in [7, 11) is 7.05. The number of hydrogen-bond acceptors (Lipinski definition) is 6. The lowest BCUT2D eigenvalue weighted by atomic mass is 10.0. The van der Waals surface area contributed by atoms with Crippen molar-refractivity contribution in [3.05, 3.63) is 40.8 Å². The summed E-state index contributed by atoms with van der Waals surface area (Å²) in [5.41, 5.74) is 2.58. The zero-order chi connectivity index (χ0) is 18.8. The van der Waals surface area contributed by atoms with Crippen molar-refractivity contribution in [1.82, 2.24) is 14.9 Å². The number of carbonyl (C=O) groups excluding carboxylic acids is 1. The van der Waals surface area contributed by atoms with Crippen molar-refractivity contribution in [2.45, 2.75) is 19.9 Å². The zero-order valence-electron chi connectivity index (χ0n) is 15.9. The van der Waals surface area contributed by atoms with Gasteiger partial charge < -0.3 is 19.3 Å². The highest BCUT2D eigenvalue weighted by Gasteiger charge is 2.27. The molecule has 1 aliphatic heterocycles. The number of aromatic nitrogens is 2. The highest BCUT2D eigenvalue weighted by Crippen LogP contribution is 2.28. The van der Waals surface area contributed by atoms with Crippen LogP contribution in [0.1, 0.15) is 27.4 Å². The minimum absolute atomic E-state index is 0.0573. The number of rotatable bonds is 4. The van der Waals surface area contributed by atoms with E-state index in [0.29, 0.717) is 36.6 Å². The maximum absolute atomic E-state index is 13.1. The number of ether oxygens (including phenoxy) is 2. The van der Waals surface area contributed by atoms with Crippen LogP contribution in [0.2, 0.25) is 0 Å². The quantitative estimate of drug-likeness (QED) is 0.835. The Morgan fingerprint density at radius 3 is 2.35 bits per heavy atom. The second-order valence-electron chi connectivity index (χ2n) is 6.49. The van der Waals surface area contributed by atoms with Gasteiger partial charge in [0.15, 0.2) is 0 Å². The maximum Gasteiger partial charge on any atom is 0.254 e. The Hall–Kier alpha value is -2.83. The molecule has 0 atom stereocenters. The third-order valence-corrected chi connectivity index (χ3v) is 4.46. The molecule has 0 aliphatic carbocycles. The van der Waals surface area contributed by atoms with E-state index in [-0.39, 0.29) is 5.91 Å². The molecule has 7 heteroatoms. The zero-order valence-corrected chi connectivity index (χ0v) is 15.9. The third kappa shape index (κ3) is 3.42. The van der Waals surface area contributed by atoms with Gasteiger partial charge in [0.05, 0.1) is 26.5 Å². The van der Waals surface area contributed by atoms with E-state index >= 15 is 0 Å². The van der Waals surface area contributed by atoms with E-state index in [2.05, 4.69) is 9.97 Å². The predicted octanol–water partition coefficient (Wildman–Crippen LogP) is 2.07. The number of hydrogen-bond donors (Lipinski definition) is 0. The van der Waals surface area contributed by atoms with Crippen LogP contribution in [0.4, 0.5) is 5.82 Å². The maximum atomic E-state index is 13.1. The van der Waals surface area contributed by atoms with Gasteiger partial charge in [-0.25, -0.2) is 9.97 Å². The number of fused-ring (bicyclic) bond motifs is 1. The molecule has 0 spiro atoms. The van der Waals surface area contributed by atoms with E-state index in [1.165, 1.54) is 0 Å². The summed E-state index contributed by atoms with van der Waals surface area (Å²) in [5, 5.41) is 0. The number of amides is 1. The van der Waals surface area contributed by atoms with E-state index in [1.807, 2.05) is 30.8 Å². The van der Waals surface area contributed by atoms with Crippen molar-refractivity contribution in [2.24, 2.45) is 0 Å². The first-order valence-electron chi connectivity index (χ1n) is 8.49. The molecule has 3 rings (SSSR count). The molecule has 26 heavy (non-hydrogen) atoms. The first-order chi connectivity index (χ1) is 12.4. The normalized spacial score (nSPS) is 13.2. The molecule has 0 N–H and O–H groups in total. The van der Waals surface area contributed by atoms with Crippen molar-refractivity contribution in [1.29, 1.82) is 0 Å². The molecule has 0 saturated carbocycles. The van der Waals surface area contributed by atoms with Gasteiger partial charge in [-0.3, -0.25) is 4.79 Å². The summed E-state index contributed by atoms with van der Waals surface area (Å²) in [4.78, 5) is 26.0. The predicted molar refractivity (Wildman–Crippen MR) is 99.1 cm³/mol. The summed E-state index contributed by atoms with van der Waals surface area (Å²) in [6.45, 7) is 3.00. The minimum atomic E-state index is -0.0573. The van der Waals surface area contributed by atoms with E-state index < -0.39 is 0 Å². The Bertz CT molecular complexity index is 814. The van der Waals surface area contributed by atoms with Crippen LogP contribution in [-0.2, 0) is 13.0 Å². The molecule has 2 heterocycles. The SMILES string of the molecule is COc1cc(OC)cc(C(=O)N2CCc3nc(C)nc(N(C)C)c3C2)c1. The van der Waals surface area contributed by atoms with Crippen LogP contribution in [-0.4, -0.2) is 55.6 Å². The van der Waals surface area contributed by atoms with Gasteiger partial charge in [-0.2, -0.15) is 0 Å². The van der Waals surface area contributed by atoms with Crippen molar-refractivity contribution in [3.8, 4) is 11.5 Å². The number of carbonyl (C=O) groups is 1. The number of nitrogens with zero attached hydrogens (tertiary/aromatic N) is 4. The van der Waals surface area contributed by atoms with Crippen LogP contribution in [0.15, 0.2) is 18.2 Å². The highest BCUT2D eigenvalue weighted by molar-refractivity contribution is 5.95. The second kappa shape index (κ2) is 7.19. The van der Waals surface area contributed by atoms with E-state index in [9.17, 15) is 4.79 Å². The van der Waals surface area contributed by atoms with E-state index in [0.717, 1.165) is 22.9 Å². The molecule has 0 radical (unpaired) electrons. The van der Waals surface area contributed by atoms with Crippen molar-refractivity contribution < 1.29 is 14.3 Å². The number of methoxy groups -OCH3 is 2. The lowest BCUT2D eigenvalue weighted by Gasteiger charge is -2.31. The molecule has 138 valence electrons. The fourth-order valence-electron chi connectivity index (χ4n) is 3.17. The number of anilines is 1. The number of aryl methyl sites for hydroxylation is 1. The molecule has 7 nitrogen and oxygen atoms in total. The van der Waals surface area contributed by atoms with Crippen molar-refractivity contribution >= 4 is 11.7 Å². The molecule has 0 unspecified atom stereocenters. The van der Waals surface area contributed by atoms with Crippen molar-refractivity contribution in [2.75, 3.05) is 39.8 Å². The summed E-state index contributed by atoms with van der Waals surface area (Å²) in [5.74, 6) is 2.76. The minimum Gasteiger partial charge on any atom is -0.497 e. The third-order valence-electron chi connectivity index (χ3n) is 4.46. The van der Waals surface area contributed by atoms with Gasteiger partial charge in [0.25, 0.3) is 5.91 Å². The van der Waals surface area contributed by atoms with Crippen LogP contribution in [0.5, 0.6) is 11.5 Å². The second-order valence-corrected chi connectivity index (χ2v) is 6.49. The number of benzene rings is 1. The first kappa shape index (κ1) is 18.0. The van der Waals surface area contributed by atoms with Gasteiger partial charge >= 0.3 is 0 Å². The molecule has 2 aromatic rings. The topological polar surface area (TPSA) is 67.8 Å². The Labute approximate surface area is 153 Å². The van der Waals surface area contributed by atoms with Gasteiger partial charge in [0.2, 0.25) is 0 Å². The average Bonchev–Trinajstić information content (AvgIpc) is 2.65.